The van der Waals surface area contributed by atoms with E-state index in [2.05, 4.69) is 0 Å². The van der Waals surface area contributed by atoms with Crippen molar-refractivity contribution in [3.8, 4) is 28.7 Å². The Labute approximate surface area is 414 Å². The molecule has 10 aromatic carbocycles. The van der Waals surface area contributed by atoms with Crippen molar-refractivity contribution in [3.05, 3.63) is 210 Å². The SMILES string of the molecule is O=C(O)c1c(O)ccc2ccccc12.O=C(O)c1c(O)ccc2ccccc12.O=C(O)c1c(O)ccc2ccccc12.O=C(O)c1c(O)ccc2ccccc12.O=C(O)c1c(O)ccc2ccccc12.[V]. The van der Waals surface area contributed by atoms with E-state index in [1.165, 1.54) is 30.3 Å². The van der Waals surface area contributed by atoms with Crippen LogP contribution in [0, 0.1) is 0 Å². The Balaban J connectivity index is 0.000000164. The summed E-state index contributed by atoms with van der Waals surface area (Å²) in [4.78, 5) is 54.4. The van der Waals surface area contributed by atoms with Crippen LogP contribution in [0.25, 0.3) is 53.9 Å². The van der Waals surface area contributed by atoms with Gasteiger partial charge in [-0.1, -0.05) is 152 Å². The zero-order valence-electron chi connectivity index (χ0n) is 36.8. The molecule has 10 rings (SSSR count). The summed E-state index contributed by atoms with van der Waals surface area (Å²) in [6, 6.07) is 50.7. The smallest absolute Gasteiger partial charge is 0.340 e. The summed E-state index contributed by atoms with van der Waals surface area (Å²) in [6.07, 6.45) is 0. The quantitative estimate of drug-likeness (QED) is 0.0767. The van der Waals surface area contributed by atoms with Gasteiger partial charge in [-0.25, -0.2) is 24.0 Å². The molecule has 0 aromatic heterocycles. The molecule has 15 nitrogen and oxygen atoms in total. The third-order valence-corrected chi connectivity index (χ3v) is 10.6. The van der Waals surface area contributed by atoms with Crippen molar-refractivity contribution in [3.63, 3.8) is 0 Å². The largest absolute Gasteiger partial charge is 0.507 e. The van der Waals surface area contributed by atoms with Crippen molar-refractivity contribution < 1.29 is 93.6 Å². The van der Waals surface area contributed by atoms with Crippen LogP contribution in [0.15, 0.2) is 182 Å². The van der Waals surface area contributed by atoms with Crippen molar-refractivity contribution in [1.82, 2.24) is 0 Å². The second-order valence-corrected chi connectivity index (χ2v) is 14.9. The maximum atomic E-state index is 10.9. The van der Waals surface area contributed by atoms with E-state index in [0.717, 1.165) is 26.9 Å². The van der Waals surface area contributed by atoms with E-state index in [0.29, 0.717) is 26.9 Å². The summed E-state index contributed by atoms with van der Waals surface area (Å²) in [5.41, 5.74) is -0.194. The normalized spacial score (nSPS) is 10.1. The van der Waals surface area contributed by atoms with Gasteiger partial charge in [0.15, 0.2) is 0 Å². The fraction of sp³-hybridized carbons (Fsp3) is 0. The number of carbonyl (C=O) groups is 5. The Morgan fingerprint density at radius 3 is 0.507 bits per heavy atom. The molecule has 0 amide bonds. The van der Waals surface area contributed by atoms with Gasteiger partial charge < -0.3 is 51.1 Å². The minimum absolute atomic E-state index is 0. The Kier molecular flexibility index (Phi) is 17.3. The fourth-order valence-corrected chi connectivity index (χ4v) is 7.42. The standard InChI is InChI=1S/5C11H8O3.V/c5*12-9-6-5-7-3-1-2-4-8(7)10(9)11(13)14;/h5*1-6,12H,(H,13,14);. The van der Waals surface area contributed by atoms with Crippen LogP contribution < -0.4 is 0 Å². The van der Waals surface area contributed by atoms with Gasteiger partial charge in [0, 0.05) is 18.6 Å². The van der Waals surface area contributed by atoms with E-state index in [4.69, 9.17) is 25.5 Å². The minimum Gasteiger partial charge on any atom is -0.507 e. The zero-order chi connectivity index (χ0) is 50.6. The van der Waals surface area contributed by atoms with E-state index < -0.39 is 29.8 Å². The summed E-state index contributed by atoms with van der Waals surface area (Å²) in [5.74, 6) is -6.55. The van der Waals surface area contributed by atoms with Crippen molar-refractivity contribution in [2.75, 3.05) is 0 Å². The van der Waals surface area contributed by atoms with Crippen LogP contribution in [0.1, 0.15) is 51.8 Å². The molecule has 16 heteroatoms. The van der Waals surface area contributed by atoms with E-state index in [9.17, 15) is 49.5 Å². The topological polar surface area (TPSA) is 288 Å². The van der Waals surface area contributed by atoms with Gasteiger partial charge in [-0.15, -0.1) is 0 Å². The third-order valence-electron chi connectivity index (χ3n) is 10.6. The number of phenols is 5. The maximum absolute atomic E-state index is 10.9. The van der Waals surface area contributed by atoms with Gasteiger partial charge in [-0.2, -0.15) is 0 Å². The second-order valence-electron chi connectivity index (χ2n) is 14.9. The molecule has 0 aliphatic carbocycles. The first-order valence-corrected chi connectivity index (χ1v) is 20.7. The average Bonchev–Trinajstić information content (AvgIpc) is 3.34. The van der Waals surface area contributed by atoms with Crippen LogP contribution in [0.4, 0.5) is 0 Å². The number of benzene rings is 10. The molecule has 10 N–H and O–H groups in total. The molecule has 0 bridgehead atoms. The third kappa shape index (κ3) is 12.1. The molecular weight excluding hydrogens is 952 g/mol. The molecule has 0 saturated heterocycles. The van der Waals surface area contributed by atoms with Crippen LogP contribution >= 0.6 is 0 Å². The Morgan fingerprint density at radius 2 is 0.366 bits per heavy atom. The van der Waals surface area contributed by atoms with Gasteiger partial charge in [0.1, 0.15) is 56.6 Å². The van der Waals surface area contributed by atoms with Crippen LogP contribution in [0.5, 0.6) is 28.7 Å². The predicted molar refractivity (Wildman–Crippen MR) is 263 cm³/mol. The molecule has 0 aliphatic rings. The number of fused-ring (bicyclic) bond motifs is 5. The van der Waals surface area contributed by atoms with Crippen LogP contribution in [0.2, 0.25) is 0 Å². The van der Waals surface area contributed by atoms with Crippen molar-refractivity contribution in [2.45, 2.75) is 0 Å². The number of carboxylic acid groups (broad SMARTS) is 5. The summed E-state index contributed by atoms with van der Waals surface area (Å²) < 4.78 is 0. The number of rotatable bonds is 5. The Morgan fingerprint density at radius 1 is 0.225 bits per heavy atom. The van der Waals surface area contributed by atoms with Gasteiger partial charge in [0.25, 0.3) is 0 Å². The van der Waals surface area contributed by atoms with E-state index in [1.54, 1.807) is 121 Å². The molecule has 0 fully saturated rings. The molecule has 10 aromatic rings. The van der Waals surface area contributed by atoms with E-state index in [-0.39, 0.29) is 75.1 Å². The van der Waals surface area contributed by atoms with E-state index >= 15 is 0 Å². The Bertz CT molecular complexity index is 3070. The summed E-state index contributed by atoms with van der Waals surface area (Å²) in [7, 11) is 0. The summed E-state index contributed by atoms with van der Waals surface area (Å²) >= 11 is 0. The molecule has 0 heterocycles. The number of hydrogen-bond acceptors (Lipinski definition) is 10. The van der Waals surface area contributed by atoms with Crippen molar-refractivity contribution in [2.24, 2.45) is 0 Å². The number of hydrogen-bond donors (Lipinski definition) is 10. The number of aromatic hydroxyl groups is 5. The molecule has 1 radical (unpaired) electrons. The average molecular weight is 992 g/mol. The van der Waals surface area contributed by atoms with Crippen LogP contribution in [0.3, 0.4) is 0 Å². The second kappa shape index (κ2) is 23.4. The molecule has 0 aliphatic heterocycles. The Hall–Kier alpha value is -9.57. The number of aromatic carboxylic acids is 5. The fourth-order valence-electron chi connectivity index (χ4n) is 7.42. The van der Waals surface area contributed by atoms with Crippen LogP contribution in [-0.4, -0.2) is 80.9 Å². The summed E-state index contributed by atoms with van der Waals surface area (Å²) in [6.45, 7) is 0. The first kappa shape index (κ1) is 52.4. The van der Waals surface area contributed by atoms with Gasteiger partial charge >= 0.3 is 29.8 Å². The molecule has 71 heavy (non-hydrogen) atoms. The van der Waals surface area contributed by atoms with Gasteiger partial charge in [0.05, 0.1) is 0 Å². The maximum Gasteiger partial charge on any atom is 0.340 e. The molecule has 0 atom stereocenters. The van der Waals surface area contributed by atoms with Gasteiger partial charge in [0.2, 0.25) is 0 Å². The zero-order valence-corrected chi connectivity index (χ0v) is 38.2. The van der Waals surface area contributed by atoms with E-state index in [1.807, 2.05) is 30.3 Å². The number of carboxylic acids is 5. The molecular formula is C55H40O15V. The van der Waals surface area contributed by atoms with Crippen LogP contribution in [-0.2, 0) is 18.6 Å². The molecule has 355 valence electrons. The van der Waals surface area contributed by atoms with Gasteiger partial charge in [-0.05, 0) is 84.2 Å². The monoisotopic (exact) mass is 991 g/mol. The summed E-state index contributed by atoms with van der Waals surface area (Å²) in [5, 5.41) is 98.3. The van der Waals surface area contributed by atoms with Crippen molar-refractivity contribution >= 4 is 83.7 Å². The van der Waals surface area contributed by atoms with Crippen molar-refractivity contribution in [1.29, 1.82) is 0 Å². The predicted octanol–water partition coefficient (Wildman–Crippen LogP) is 11.2. The first-order chi connectivity index (χ1) is 33.5. The molecule has 0 unspecified atom stereocenters. The van der Waals surface area contributed by atoms with Gasteiger partial charge in [-0.3, -0.25) is 0 Å². The minimum atomic E-state index is -1.11. The molecule has 0 saturated carbocycles. The molecule has 0 spiro atoms. The first-order valence-electron chi connectivity index (χ1n) is 20.7.